The zero-order valence-corrected chi connectivity index (χ0v) is 21.4. The van der Waals surface area contributed by atoms with Gasteiger partial charge < -0.3 is 24.6 Å². The summed E-state index contributed by atoms with van der Waals surface area (Å²) in [7, 11) is 3.18. The average Bonchev–Trinajstić information content (AvgIpc) is 2.86. The maximum absolute atomic E-state index is 13.7. The SMILES string of the molecule is CC[C@H](C)OC(=O)C1=C(C)NC2=C(C(=O)C[C@H](c3ccc(OC)c(OC)c3)C2)[C@H]1c1cccc(O)c1. The van der Waals surface area contributed by atoms with Gasteiger partial charge >= 0.3 is 5.97 Å². The molecule has 190 valence electrons. The molecule has 0 unspecified atom stereocenters. The molecule has 1 aliphatic heterocycles. The van der Waals surface area contributed by atoms with Gasteiger partial charge in [-0.25, -0.2) is 4.79 Å². The van der Waals surface area contributed by atoms with E-state index >= 15 is 0 Å². The van der Waals surface area contributed by atoms with E-state index in [1.807, 2.05) is 45.0 Å². The van der Waals surface area contributed by atoms with E-state index in [4.69, 9.17) is 14.2 Å². The van der Waals surface area contributed by atoms with Crippen molar-refractivity contribution < 1.29 is 28.9 Å². The maximum Gasteiger partial charge on any atom is 0.337 e. The number of ketones is 1. The molecule has 2 aromatic rings. The summed E-state index contributed by atoms with van der Waals surface area (Å²) in [6.45, 7) is 5.62. The third-order valence-corrected chi connectivity index (χ3v) is 7.01. The number of carbonyl (C=O) groups is 2. The highest BCUT2D eigenvalue weighted by atomic mass is 16.5. The maximum atomic E-state index is 13.7. The molecule has 0 aromatic heterocycles. The molecule has 0 saturated carbocycles. The molecule has 7 heteroatoms. The summed E-state index contributed by atoms with van der Waals surface area (Å²) in [6, 6.07) is 12.5. The van der Waals surface area contributed by atoms with Crippen LogP contribution in [0.2, 0.25) is 0 Å². The molecule has 1 aliphatic carbocycles. The van der Waals surface area contributed by atoms with Crippen LogP contribution in [0.1, 0.15) is 63.0 Å². The van der Waals surface area contributed by atoms with Gasteiger partial charge in [0.2, 0.25) is 0 Å². The summed E-state index contributed by atoms with van der Waals surface area (Å²) in [6.07, 6.45) is 1.31. The molecule has 2 aliphatic rings. The molecule has 0 spiro atoms. The molecule has 0 saturated heterocycles. The van der Waals surface area contributed by atoms with Crippen LogP contribution >= 0.6 is 0 Å². The molecule has 0 amide bonds. The van der Waals surface area contributed by atoms with Crippen molar-refractivity contribution in [2.45, 2.75) is 58.0 Å². The van der Waals surface area contributed by atoms with Crippen LogP contribution in [0.5, 0.6) is 17.2 Å². The molecule has 2 N–H and O–H groups in total. The van der Waals surface area contributed by atoms with E-state index in [9.17, 15) is 14.7 Å². The second kappa shape index (κ2) is 10.5. The Morgan fingerprint density at radius 3 is 2.50 bits per heavy atom. The lowest BCUT2D eigenvalue weighted by Crippen LogP contribution is -2.36. The Kier molecular flexibility index (Phi) is 7.38. The van der Waals surface area contributed by atoms with E-state index in [1.54, 1.807) is 32.4 Å². The highest BCUT2D eigenvalue weighted by Gasteiger charge is 2.41. The Morgan fingerprint density at radius 2 is 1.83 bits per heavy atom. The second-order valence-corrected chi connectivity index (χ2v) is 9.35. The van der Waals surface area contributed by atoms with Crippen LogP contribution in [0.3, 0.4) is 0 Å². The minimum Gasteiger partial charge on any atom is -0.508 e. The average molecular weight is 492 g/mol. The largest absolute Gasteiger partial charge is 0.508 e. The zero-order chi connectivity index (χ0) is 26.0. The highest BCUT2D eigenvalue weighted by Crippen LogP contribution is 2.47. The molecule has 1 heterocycles. The molecule has 3 atom stereocenters. The number of aromatic hydroxyl groups is 1. The van der Waals surface area contributed by atoms with Crippen LogP contribution in [0.25, 0.3) is 0 Å². The van der Waals surface area contributed by atoms with E-state index in [-0.39, 0.29) is 30.0 Å². The van der Waals surface area contributed by atoms with Crippen LogP contribution in [-0.2, 0) is 14.3 Å². The van der Waals surface area contributed by atoms with E-state index < -0.39 is 11.9 Å². The number of benzene rings is 2. The summed E-state index contributed by atoms with van der Waals surface area (Å²) >= 11 is 0. The predicted molar refractivity (Wildman–Crippen MR) is 136 cm³/mol. The number of rotatable bonds is 7. The number of phenols is 1. The summed E-state index contributed by atoms with van der Waals surface area (Å²) in [4.78, 5) is 27.0. The zero-order valence-electron chi connectivity index (χ0n) is 21.4. The van der Waals surface area contributed by atoms with E-state index in [0.29, 0.717) is 46.7 Å². The molecule has 36 heavy (non-hydrogen) atoms. The fourth-order valence-corrected chi connectivity index (χ4v) is 5.02. The van der Waals surface area contributed by atoms with Gasteiger partial charge in [-0.1, -0.05) is 25.1 Å². The first-order chi connectivity index (χ1) is 17.3. The molecule has 7 nitrogen and oxygen atoms in total. The van der Waals surface area contributed by atoms with E-state index in [2.05, 4.69) is 5.32 Å². The molecule has 0 bridgehead atoms. The molecule has 0 fully saturated rings. The van der Waals surface area contributed by atoms with Crippen molar-refractivity contribution in [3.05, 3.63) is 76.1 Å². The van der Waals surface area contributed by atoms with Crippen LogP contribution in [0.15, 0.2) is 65.0 Å². The quantitative estimate of drug-likeness (QED) is 0.520. The number of esters is 1. The normalized spacial score (nSPS) is 20.4. The summed E-state index contributed by atoms with van der Waals surface area (Å²) in [5.74, 6) is 0.140. The number of ether oxygens (including phenoxy) is 3. The Hall–Kier alpha value is -3.74. The number of allylic oxidation sites excluding steroid dienone is 3. The molecule has 0 radical (unpaired) electrons. The molecular weight excluding hydrogens is 458 g/mol. The Balaban J connectivity index is 1.76. The Morgan fingerprint density at radius 1 is 1.08 bits per heavy atom. The van der Waals surface area contributed by atoms with Crippen LogP contribution in [0.4, 0.5) is 0 Å². The van der Waals surface area contributed by atoms with Crippen molar-refractivity contribution >= 4 is 11.8 Å². The number of hydrogen-bond acceptors (Lipinski definition) is 7. The smallest absolute Gasteiger partial charge is 0.337 e. The number of carbonyl (C=O) groups excluding carboxylic acids is 2. The lowest BCUT2D eigenvalue weighted by Gasteiger charge is -2.37. The van der Waals surface area contributed by atoms with Crippen LogP contribution in [0, 0.1) is 0 Å². The first kappa shape index (κ1) is 25.4. The lowest BCUT2D eigenvalue weighted by molar-refractivity contribution is -0.144. The molecule has 2 aromatic carbocycles. The minimum absolute atomic E-state index is 0.0433. The topological polar surface area (TPSA) is 94.1 Å². The van der Waals surface area contributed by atoms with Gasteiger partial charge in [0.05, 0.1) is 25.9 Å². The predicted octanol–water partition coefficient (Wildman–Crippen LogP) is 5.11. The van der Waals surface area contributed by atoms with E-state index in [0.717, 1.165) is 11.3 Å². The molecular formula is C29H33NO6. The van der Waals surface area contributed by atoms with Gasteiger partial charge in [0.15, 0.2) is 17.3 Å². The van der Waals surface area contributed by atoms with Crippen molar-refractivity contribution in [3.63, 3.8) is 0 Å². The van der Waals surface area contributed by atoms with Gasteiger partial charge in [0, 0.05) is 29.3 Å². The second-order valence-electron chi connectivity index (χ2n) is 9.35. The van der Waals surface area contributed by atoms with Crippen LogP contribution < -0.4 is 14.8 Å². The number of hydrogen-bond donors (Lipinski definition) is 2. The molecule has 4 rings (SSSR count). The third kappa shape index (κ3) is 4.83. The van der Waals surface area contributed by atoms with Gasteiger partial charge in [-0.2, -0.15) is 0 Å². The number of nitrogens with one attached hydrogen (secondary N) is 1. The highest BCUT2D eigenvalue weighted by molar-refractivity contribution is 6.04. The summed E-state index contributed by atoms with van der Waals surface area (Å²) in [5, 5.41) is 13.5. The summed E-state index contributed by atoms with van der Waals surface area (Å²) in [5.41, 5.74) is 4.05. The van der Waals surface area contributed by atoms with E-state index in [1.165, 1.54) is 0 Å². The summed E-state index contributed by atoms with van der Waals surface area (Å²) < 4.78 is 16.5. The van der Waals surface area contributed by atoms with Crippen LogP contribution in [-0.4, -0.2) is 37.2 Å². The first-order valence-corrected chi connectivity index (χ1v) is 12.2. The van der Waals surface area contributed by atoms with Crippen molar-refractivity contribution in [2.75, 3.05) is 14.2 Å². The monoisotopic (exact) mass is 491 g/mol. The minimum atomic E-state index is -0.622. The Labute approximate surface area is 211 Å². The van der Waals surface area contributed by atoms with Gasteiger partial charge in [-0.15, -0.1) is 0 Å². The fourth-order valence-electron chi connectivity index (χ4n) is 5.02. The number of methoxy groups -OCH3 is 2. The van der Waals surface area contributed by atoms with Crippen molar-refractivity contribution in [1.29, 1.82) is 0 Å². The standard InChI is InChI=1S/C29H33NO6/c1-6-16(2)36-29(33)26-17(3)30-22-13-20(18-10-11-24(34-4)25(15-18)35-5)14-23(32)28(22)27(26)19-8-7-9-21(31)12-19/h7-12,15-16,20,27,30-31H,6,13-14H2,1-5H3/t16-,20+,27-/m0/s1. The van der Waals surface area contributed by atoms with Crippen molar-refractivity contribution in [3.8, 4) is 17.2 Å². The van der Waals surface area contributed by atoms with Gasteiger partial charge in [-0.05, 0) is 68.0 Å². The lowest BCUT2D eigenvalue weighted by atomic mass is 9.71. The van der Waals surface area contributed by atoms with Gasteiger partial charge in [0.25, 0.3) is 0 Å². The third-order valence-electron chi connectivity index (χ3n) is 7.01. The Bertz CT molecular complexity index is 1240. The van der Waals surface area contributed by atoms with Crippen molar-refractivity contribution in [2.24, 2.45) is 0 Å². The van der Waals surface area contributed by atoms with Gasteiger partial charge in [0.1, 0.15) is 5.75 Å². The van der Waals surface area contributed by atoms with Crippen molar-refractivity contribution in [1.82, 2.24) is 5.32 Å². The number of Topliss-reactive ketones (excluding diaryl/α,β-unsaturated/α-hetero) is 1. The van der Waals surface area contributed by atoms with Gasteiger partial charge in [-0.3, -0.25) is 4.79 Å². The fraction of sp³-hybridized carbons (Fsp3) is 0.379. The number of dihydropyridines is 1. The number of phenolic OH excluding ortho intramolecular Hbond substituents is 1. The first-order valence-electron chi connectivity index (χ1n) is 12.2.